The first kappa shape index (κ1) is 5.29. The van der Waals surface area contributed by atoms with Crippen LogP contribution in [0, 0.1) is 0 Å². The van der Waals surface area contributed by atoms with Crippen molar-refractivity contribution in [1.82, 2.24) is 15.0 Å². The highest BCUT2D eigenvalue weighted by Crippen LogP contribution is 2.15. The highest BCUT2D eigenvalue weighted by molar-refractivity contribution is 5.60. The van der Waals surface area contributed by atoms with Crippen molar-refractivity contribution in [2.75, 3.05) is 0 Å². The zero-order valence-electron chi connectivity index (χ0n) is 5.23. The molecule has 0 N–H and O–H groups in total. The normalized spacial score (nSPS) is 10.0. The smallest absolute Gasteiger partial charge is 0.115 e. The summed E-state index contributed by atoms with van der Waals surface area (Å²) >= 11 is 0. The van der Waals surface area contributed by atoms with Gasteiger partial charge in [-0.15, -0.1) is 0 Å². The molecule has 0 bridgehead atoms. The van der Waals surface area contributed by atoms with Crippen LogP contribution in [-0.2, 0) is 0 Å². The average Bonchev–Trinajstić information content (AvgIpc) is 2.28. The molecule has 2 aliphatic rings. The molecule has 0 fully saturated rings. The van der Waals surface area contributed by atoms with Gasteiger partial charge in [-0.3, -0.25) is 4.98 Å². The van der Waals surface area contributed by atoms with Crippen LogP contribution in [0.4, 0.5) is 0 Å². The summed E-state index contributed by atoms with van der Waals surface area (Å²) in [6.07, 6.45) is 8.54. The molecule has 0 saturated carbocycles. The molecule has 0 aromatic carbocycles. The molecule has 0 aromatic heterocycles. The van der Waals surface area contributed by atoms with Crippen LogP contribution in [0.1, 0.15) is 0 Å². The van der Waals surface area contributed by atoms with Crippen LogP contribution in [-0.4, -0.2) is 15.0 Å². The highest BCUT2D eigenvalue weighted by atomic mass is 14.8. The molecular weight excluding hydrogens is 126 g/mol. The predicted molar refractivity (Wildman–Crippen MR) is 36.4 cm³/mol. The molecule has 10 heavy (non-hydrogen) atoms. The van der Waals surface area contributed by atoms with Gasteiger partial charge < -0.3 is 0 Å². The van der Waals surface area contributed by atoms with Crippen LogP contribution >= 0.6 is 0 Å². The minimum Gasteiger partial charge on any atom is -0.263 e. The third-order valence-corrected chi connectivity index (χ3v) is 1.32. The van der Waals surface area contributed by atoms with Gasteiger partial charge in [0.1, 0.15) is 6.33 Å². The first-order valence-electron chi connectivity index (χ1n) is 2.95. The van der Waals surface area contributed by atoms with Gasteiger partial charge in [0.25, 0.3) is 0 Å². The zero-order valence-corrected chi connectivity index (χ0v) is 5.23. The van der Waals surface area contributed by atoms with Crippen molar-refractivity contribution in [2.45, 2.75) is 0 Å². The van der Waals surface area contributed by atoms with Gasteiger partial charge in [0.2, 0.25) is 0 Å². The Balaban J connectivity index is 2.74. The van der Waals surface area contributed by atoms with Gasteiger partial charge in [-0.25, -0.2) is 9.97 Å². The number of rotatable bonds is 0. The fourth-order valence-corrected chi connectivity index (χ4v) is 0.828. The van der Waals surface area contributed by atoms with Gasteiger partial charge in [-0.2, -0.15) is 0 Å². The lowest BCUT2D eigenvalue weighted by Crippen LogP contribution is -1.63. The maximum atomic E-state index is 3.95. The molecule has 2 heterocycles. The Morgan fingerprint density at radius 3 is 1.80 bits per heavy atom. The minimum absolute atomic E-state index is 1.03. The summed E-state index contributed by atoms with van der Waals surface area (Å²) in [5.41, 5.74) is 2.05. The van der Waals surface area contributed by atoms with Crippen LogP contribution in [0.3, 0.4) is 0 Å². The van der Waals surface area contributed by atoms with Crippen molar-refractivity contribution >= 4 is 0 Å². The van der Waals surface area contributed by atoms with Gasteiger partial charge in [0.05, 0.1) is 0 Å². The van der Waals surface area contributed by atoms with Crippen LogP contribution in [0.25, 0.3) is 11.1 Å². The van der Waals surface area contributed by atoms with E-state index in [4.69, 9.17) is 0 Å². The van der Waals surface area contributed by atoms with Gasteiger partial charge in [0.15, 0.2) is 0 Å². The van der Waals surface area contributed by atoms with E-state index in [0.29, 0.717) is 0 Å². The molecule has 0 aromatic rings. The number of fused-ring (bicyclic) bond motifs is 1. The van der Waals surface area contributed by atoms with Gasteiger partial charge in [-0.05, 0) is 0 Å². The SMILES string of the molecule is c1ncc2cncc-2cn1. The molecule has 3 heteroatoms. The Kier molecular flexibility index (Phi) is 1.07. The maximum Gasteiger partial charge on any atom is 0.115 e. The van der Waals surface area contributed by atoms with E-state index in [1.54, 1.807) is 24.8 Å². The van der Waals surface area contributed by atoms with E-state index in [9.17, 15) is 0 Å². The summed E-state index contributed by atoms with van der Waals surface area (Å²) in [7, 11) is 0. The van der Waals surface area contributed by atoms with E-state index in [-0.39, 0.29) is 0 Å². The van der Waals surface area contributed by atoms with Gasteiger partial charge in [-0.1, -0.05) is 0 Å². The molecule has 0 saturated heterocycles. The molecule has 2 aliphatic heterocycles. The van der Waals surface area contributed by atoms with E-state index in [1.165, 1.54) is 6.33 Å². The standard InChI is InChI=1S/C7H5N3/c1-6-3-9-5-10-4-7(6)2-8-1/h1-5H. The lowest BCUT2D eigenvalue weighted by Gasteiger charge is -1.81. The molecule has 3 nitrogen and oxygen atoms in total. The monoisotopic (exact) mass is 131 g/mol. The van der Waals surface area contributed by atoms with Crippen molar-refractivity contribution in [3.05, 3.63) is 31.1 Å². The summed E-state index contributed by atoms with van der Waals surface area (Å²) in [4.78, 5) is 11.7. The minimum atomic E-state index is 1.03. The van der Waals surface area contributed by atoms with Crippen molar-refractivity contribution in [2.24, 2.45) is 0 Å². The molecule has 0 unspecified atom stereocenters. The molecule has 0 amide bonds. The number of hydrogen-bond donors (Lipinski definition) is 0. The van der Waals surface area contributed by atoms with Crippen molar-refractivity contribution in [3.63, 3.8) is 0 Å². The molecule has 0 aliphatic carbocycles. The predicted octanol–water partition coefficient (Wildman–Crippen LogP) is 0.976. The Labute approximate surface area is 58.1 Å². The summed E-state index contributed by atoms with van der Waals surface area (Å²) in [5.74, 6) is 0. The number of nitrogens with zero attached hydrogens (tertiary/aromatic N) is 3. The third kappa shape index (κ3) is 0.719. The van der Waals surface area contributed by atoms with Crippen LogP contribution in [0.5, 0.6) is 0 Å². The Morgan fingerprint density at radius 1 is 0.700 bits per heavy atom. The van der Waals surface area contributed by atoms with E-state index < -0.39 is 0 Å². The highest BCUT2D eigenvalue weighted by Gasteiger charge is 1.97. The van der Waals surface area contributed by atoms with Crippen molar-refractivity contribution in [3.8, 4) is 11.1 Å². The largest absolute Gasteiger partial charge is 0.263 e. The Morgan fingerprint density at radius 2 is 1.20 bits per heavy atom. The van der Waals surface area contributed by atoms with E-state index >= 15 is 0 Å². The van der Waals surface area contributed by atoms with Gasteiger partial charge in [0, 0.05) is 35.9 Å². The first-order valence-corrected chi connectivity index (χ1v) is 2.95. The molecule has 48 valence electrons. The Hall–Kier alpha value is -1.51. The van der Waals surface area contributed by atoms with Crippen LogP contribution in [0.15, 0.2) is 31.1 Å². The molecule has 0 spiro atoms. The maximum absolute atomic E-state index is 3.95. The second-order valence-corrected chi connectivity index (χ2v) is 1.99. The van der Waals surface area contributed by atoms with Crippen LogP contribution < -0.4 is 0 Å². The summed E-state index contributed by atoms with van der Waals surface area (Å²) in [6, 6.07) is 0. The van der Waals surface area contributed by atoms with Crippen molar-refractivity contribution < 1.29 is 0 Å². The fourth-order valence-electron chi connectivity index (χ4n) is 0.828. The zero-order chi connectivity index (χ0) is 6.81. The third-order valence-electron chi connectivity index (χ3n) is 1.32. The lowest BCUT2D eigenvalue weighted by atomic mass is 10.2. The van der Waals surface area contributed by atoms with E-state index in [2.05, 4.69) is 15.0 Å². The number of hydrogen-bond acceptors (Lipinski definition) is 3. The van der Waals surface area contributed by atoms with Crippen LogP contribution in [0.2, 0.25) is 0 Å². The molecule has 0 atom stereocenters. The summed E-state index contributed by atoms with van der Waals surface area (Å²) in [5, 5.41) is 0. The van der Waals surface area contributed by atoms with Crippen molar-refractivity contribution in [1.29, 1.82) is 0 Å². The summed E-state index contributed by atoms with van der Waals surface area (Å²) in [6.45, 7) is 0. The fraction of sp³-hybridized carbons (Fsp3) is 0. The Bertz CT molecular complexity index is 280. The van der Waals surface area contributed by atoms with E-state index in [0.717, 1.165) is 11.1 Å². The first-order chi connectivity index (χ1) is 4.97. The quantitative estimate of drug-likeness (QED) is 0.534. The topological polar surface area (TPSA) is 38.7 Å². The molecular formula is C7H5N3. The number of aromatic nitrogens is 3. The lowest BCUT2D eigenvalue weighted by molar-refractivity contribution is 1.22. The van der Waals surface area contributed by atoms with E-state index in [1.807, 2.05) is 0 Å². The second kappa shape index (κ2) is 2.02. The average molecular weight is 131 g/mol. The molecule has 0 radical (unpaired) electrons. The van der Waals surface area contributed by atoms with Gasteiger partial charge >= 0.3 is 0 Å². The molecule has 2 rings (SSSR count). The second-order valence-electron chi connectivity index (χ2n) is 1.99. The summed E-state index contributed by atoms with van der Waals surface area (Å²) < 4.78 is 0.